The highest BCUT2D eigenvalue weighted by Gasteiger charge is 2.09. The number of anilines is 1. The molecule has 0 saturated carbocycles. The predicted molar refractivity (Wildman–Crippen MR) is 121 cm³/mol. The van der Waals surface area contributed by atoms with E-state index in [9.17, 15) is 10.5 Å². The highest BCUT2D eigenvalue weighted by Crippen LogP contribution is 2.27. The Hall–Kier alpha value is -3.32. The molecular weight excluding hydrogens is 376 g/mol. The first-order valence-electron chi connectivity index (χ1n) is 9.93. The molecule has 0 heterocycles. The molecular formula is C24H28N4O2. The number of ether oxygens (including phenoxy) is 2. The lowest BCUT2D eigenvalue weighted by Gasteiger charge is -2.16. The van der Waals surface area contributed by atoms with Crippen LogP contribution in [0.25, 0.3) is 16.3 Å². The SMILES string of the molecule is CCOC(CN/C=C\C(=C(C#N)C#N)c1ccc2cc(N(C)C)ccc2c1)OCC. The van der Waals surface area contributed by atoms with Crippen molar-refractivity contribution >= 4 is 22.0 Å². The second-order valence-electron chi connectivity index (χ2n) is 6.73. The molecule has 156 valence electrons. The fourth-order valence-electron chi connectivity index (χ4n) is 2.99. The molecule has 0 atom stereocenters. The zero-order valence-electron chi connectivity index (χ0n) is 18.0. The van der Waals surface area contributed by atoms with E-state index >= 15 is 0 Å². The van der Waals surface area contributed by atoms with E-state index in [-0.39, 0.29) is 11.9 Å². The van der Waals surface area contributed by atoms with Gasteiger partial charge in [-0.15, -0.1) is 0 Å². The van der Waals surface area contributed by atoms with E-state index in [1.165, 1.54) is 0 Å². The molecule has 30 heavy (non-hydrogen) atoms. The molecule has 0 bridgehead atoms. The summed E-state index contributed by atoms with van der Waals surface area (Å²) in [4.78, 5) is 2.05. The third-order valence-electron chi connectivity index (χ3n) is 4.50. The van der Waals surface area contributed by atoms with Crippen molar-refractivity contribution in [3.63, 3.8) is 0 Å². The van der Waals surface area contributed by atoms with Gasteiger partial charge >= 0.3 is 0 Å². The number of fused-ring (bicyclic) bond motifs is 1. The van der Waals surface area contributed by atoms with Crippen LogP contribution in [0.15, 0.2) is 54.2 Å². The first-order valence-corrected chi connectivity index (χ1v) is 9.93. The van der Waals surface area contributed by atoms with Crippen molar-refractivity contribution in [2.45, 2.75) is 20.1 Å². The van der Waals surface area contributed by atoms with Crippen molar-refractivity contribution in [3.8, 4) is 12.1 Å². The molecule has 0 fully saturated rings. The summed E-state index contributed by atoms with van der Waals surface area (Å²) in [6.45, 7) is 5.40. The normalized spacial score (nSPS) is 10.8. The molecule has 0 unspecified atom stereocenters. The Bertz CT molecular complexity index is 974. The molecule has 0 radical (unpaired) electrons. The number of hydrogen-bond donors (Lipinski definition) is 1. The summed E-state index contributed by atoms with van der Waals surface area (Å²) in [6, 6.07) is 16.1. The van der Waals surface area contributed by atoms with Gasteiger partial charge < -0.3 is 19.7 Å². The molecule has 2 aromatic carbocycles. The van der Waals surface area contributed by atoms with Gasteiger partial charge in [0, 0.05) is 38.6 Å². The maximum atomic E-state index is 9.42. The number of nitrogens with zero attached hydrogens (tertiary/aromatic N) is 3. The smallest absolute Gasteiger partial charge is 0.174 e. The molecule has 6 heteroatoms. The van der Waals surface area contributed by atoms with E-state index in [0.717, 1.165) is 22.0 Å². The molecule has 2 rings (SSSR count). The van der Waals surface area contributed by atoms with Crippen molar-refractivity contribution < 1.29 is 9.47 Å². The van der Waals surface area contributed by atoms with Crippen LogP contribution >= 0.6 is 0 Å². The summed E-state index contributed by atoms with van der Waals surface area (Å²) in [6.07, 6.45) is 3.11. The van der Waals surface area contributed by atoms with Gasteiger partial charge in [0.25, 0.3) is 0 Å². The topological polar surface area (TPSA) is 81.3 Å². The molecule has 6 nitrogen and oxygen atoms in total. The van der Waals surface area contributed by atoms with Crippen molar-refractivity contribution in [3.05, 3.63) is 59.8 Å². The van der Waals surface area contributed by atoms with Gasteiger partial charge in [-0.05, 0) is 60.7 Å². The van der Waals surface area contributed by atoms with Crippen LogP contribution in [-0.4, -0.2) is 40.1 Å². The number of nitrogens with one attached hydrogen (secondary N) is 1. The second kappa shape index (κ2) is 11.6. The average molecular weight is 405 g/mol. The predicted octanol–water partition coefficient (Wildman–Crippen LogP) is 4.21. The van der Waals surface area contributed by atoms with Crippen LogP contribution in [0.1, 0.15) is 19.4 Å². The van der Waals surface area contributed by atoms with E-state index < -0.39 is 0 Å². The van der Waals surface area contributed by atoms with Crippen molar-refractivity contribution in [1.82, 2.24) is 5.32 Å². The highest BCUT2D eigenvalue weighted by atomic mass is 16.7. The van der Waals surface area contributed by atoms with Gasteiger partial charge in [0.1, 0.15) is 17.7 Å². The fourth-order valence-corrected chi connectivity index (χ4v) is 2.99. The van der Waals surface area contributed by atoms with E-state index in [2.05, 4.69) is 11.4 Å². The third-order valence-corrected chi connectivity index (χ3v) is 4.50. The van der Waals surface area contributed by atoms with Crippen LogP contribution in [0.4, 0.5) is 5.69 Å². The summed E-state index contributed by atoms with van der Waals surface area (Å²) >= 11 is 0. The maximum absolute atomic E-state index is 9.42. The van der Waals surface area contributed by atoms with E-state index in [1.807, 2.05) is 75.3 Å². The molecule has 0 amide bonds. The van der Waals surface area contributed by atoms with E-state index in [1.54, 1.807) is 12.3 Å². The largest absolute Gasteiger partial charge is 0.386 e. The van der Waals surface area contributed by atoms with Gasteiger partial charge in [-0.3, -0.25) is 0 Å². The molecule has 0 aliphatic rings. The van der Waals surface area contributed by atoms with Crippen molar-refractivity contribution in [2.75, 3.05) is 38.8 Å². The lowest BCUT2D eigenvalue weighted by molar-refractivity contribution is -0.131. The van der Waals surface area contributed by atoms with Crippen LogP contribution in [0.5, 0.6) is 0 Å². The molecule has 0 saturated heterocycles. The van der Waals surface area contributed by atoms with Gasteiger partial charge in [-0.25, -0.2) is 0 Å². The Morgan fingerprint density at radius 1 is 1.03 bits per heavy atom. The molecule has 1 N–H and O–H groups in total. The minimum Gasteiger partial charge on any atom is -0.386 e. The summed E-state index contributed by atoms with van der Waals surface area (Å²) in [5, 5.41) is 24.1. The molecule has 0 spiro atoms. The minimum absolute atomic E-state index is 0.0588. The van der Waals surface area contributed by atoms with Crippen LogP contribution in [0.2, 0.25) is 0 Å². The second-order valence-corrected chi connectivity index (χ2v) is 6.73. The molecule has 2 aromatic rings. The lowest BCUT2D eigenvalue weighted by Crippen LogP contribution is -2.28. The molecule has 0 aromatic heterocycles. The quantitative estimate of drug-likeness (QED) is 0.363. The van der Waals surface area contributed by atoms with Crippen molar-refractivity contribution in [2.24, 2.45) is 0 Å². The summed E-state index contributed by atoms with van der Waals surface area (Å²) < 4.78 is 11.0. The summed E-state index contributed by atoms with van der Waals surface area (Å²) in [5.74, 6) is 0. The Balaban J connectivity index is 2.30. The Morgan fingerprint density at radius 3 is 2.27 bits per heavy atom. The number of allylic oxidation sites excluding steroid dienone is 3. The Labute approximate surface area is 178 Å². The summed E-state index contributed by atoms with van der Waals surface area (Å²) in [5.41, 5.74) is 2.55. The minimum atomic E-state index is -0.352. The van der Waals surface area contributed by atoms with Crippen LogP contribution in [0.3, 0.4) is 0 Å². The van der Waals surface area contributed by atoms with Crippen molar-refractivity contribution in [1.29, 1.82) is 10.5 Å². The lowest BCUT2D eigenvalue weighted by atomic mass is 9.97. The van der Waals surface area contributed by atoms with Gasteiger partial charge in [-0.1, -0.05) is 18.2 Å². The Kier molecular flexibility index (Phi) is 8.90. The standard InChI is InChI=1S/C24H28N4O2/c1-5-29-24(30-6-2)17-27-12-11-23(21(15-25)16-26)20-8-7-19-14-22(28(3)4)10-9-18(19)13-20/h7-14,24,27H,5-6,17H2,1-4H3/b12-11-. The maximum Gasteiger partial charge on any atom is 0.174 e. The van der Waals surface area contributed by atoms with Crippen LogP contribution in [-0.2, 0) is 9.47 Å². The van der Waals surface area contributed by atoms with Gasteiger partial charge in [0.05, 0.1) is 6.54 Å². The average Bonchev–Trinajstić information content (AvgIpc) is 2.75. The molecule has 0 aliphatic heterocycles. The van der Waals surface area contributed by atoms with Gasteiger partial charge in [-0.2, -0.15) is 10.5 Å². The van der Waals surface area contributed by atoms with E-state index in [4.69, 9.17) is 9.47 Å². The first-order chi connectivity index (χ1) is 14.5. The number of nitriles is 2. The van der Waals surface area contributed by atoms with Gasteiger partial charge in [0.2, 0.25) is 0 Å². The monoisotopic (exact) mass is 404 g/mol. The fraction of sp³-hybridized carbons (Fsp3) is 0.333. The highest BCUT2D eigenvalue weighted by molar-refractivity contribution is 5.91. The zero-order chi connectivity index (χ0) is 21.9. The first kappa shape index (κ1) is 23.0. The number of benzene rings is 2. The third kappa shape index (κ3) is 6.09. The zero-order valence-corrected chi connectivity index (χ0v) is 18.0. The number of rotatable bonds is 10. The van der Waals surface area contributed by atoms with E-state index in [0.29, 0.717) is 25.3 Å². The van der Waals surface area contributed by atoms with Crippen LogP contribution < -0.4 is 10.2 Å². The Morgan fingerprint density at radius 2 is 1.67 bits per heavy atom. The molecule has 0 aliphatic carbocycles. The number of hydrogen-bond acceptors (Lipinski definition) is 6. The summed E-state index contributed by atoms with van der Waals surface area (Å²) in [7, 11) is 4.00. The van der Waals surface area contributed by atoms with Crippen LogP contribution in [0, 0.1) is 22.7 Å². The van der Waals surface area contributed by atoms with Gasteiger partial charge in [0.15, 0.2) is 6.29 Å².